The summed E-state index contributed by atoms with van der Waals surface area (Å²) in [5.74, 6) is 0.342. The third-order valence-electron chi connectivity index (χ3n) is 4.67. The molecule has 2 aliphatic heterocycles. The van der Waals surface area contributed by atoms with Crippen LogP contribution < -0.4 is 15.4 Å². The number of carbonyl (C=O) groups is 3. The van der Waals surface area contributed by atoms with Crippen LogP contribution in [0.1, 0.15) is 30.4 Å². The van der Waals surface area contributed by atoms with E-state index >= 15 is 0 Å². The average molecular weight is 345 g/mol. The number of benzene rings is 1. The number of amides is 4. The normalized spacial score (nSPS) is 21.0. The minimum Gasteiger partial charge on any atom is -0.490 e. The van der Waals surface area contributed by atoms with E-state index in [9.17, 15) is 14.4 Å². The molecule has 2 fully saturated rings. The third-order valence-corrected chi connectivity index (χ3v) is 4.67. The lowest BCUT2D eigenvalue weighted by molar-refractivity contribution is -0.135. The van der Waals surface area contributed by atoms with Gasteiger partial charge in [-0.1, -0.05) is 12.1 Å². The molecular formula is C18H23N3O4. The summed E-state index contributed by atoms with van der Waals surface area (Å²) in [6, 6.07) is 4.84. The van der Waals surface area contributed by atoms with E-state index in [4.69, 9.17) is 4.74 Å². The summed E-state index contributed by atoms with van der Waals surface area (Å²) < 4.78 is 6.10. The predicted octanol–water partition coefficient (Wildman–Crippen LogP) is 1.27. The Balaban J connectivity index is 1.50. The summed E-state index contributed by atoms with van der Waals surface area (Å²) in [6.45, 7) is 5.24. The van der Waals surface area contributed by atoms with Gasteiger partial charge in [-0.3, -0.25) is 14.9 Å². The Morgan fingerprint density at radius 3 is 2.60 bits per heavy atom. The van der Waals surface area contributed by atoms with E-state index in [-0.39, 0.29) is 18.4 Å². The first kappa shape index (κ1) is 17.3. The number of hydrogen-bond donors (Lipinski definition) is 2. The molecule has 2 aliphatic rings. The molecule has 0 radical (unpaired) electrons. The van der Waals surface area contributed by atoms with Crippen LogP contribution in [-0.4, -0.2) is 48.0 Å². The molecule has 0 bridgehead atoms. The Morgan fingerprint density at radius 1 is 1.24 bits per heavy atom. The molecule has 0 aliphatic carbocycles. The molecular weight excluding hydrogens is 322 g/mol. The summed E-state index contributed by atoms with van der Waals surface area (Å²) in [5.41, 5.74) is 2.26. The molecule has 7 heteroatoms. The molecule has 25 heavy (non-hydrogen) atoms. The number of hydrogen-bond acceptors (Lipinski definition) is 4. The van der Waals surface area contributed by atoms with Gasteiger partial charge in [0, 0.05) is 25.9 Å². The number of aryl methyl sites for hydroxylation is 2. The van der Waals surface area contributed by atoms with Crippen LogP contribution >= 0.6 is 0 Å². The molecule has 1 aromatic carbocycles. The maximum Gasteiger partial charge on any atom is 0.322 e. The Morgan fingerprint density at radius 2 is 1.96 bits per heavy atom. The second-order valence-electron chi connectivity index (χ2n) is 6.69. The highest BCUT2D eigenvalue weighted by Gasteiger charge is 2.33. The van der Waals surface area contributed by atoms with E-state index in [0.29, 0.717) is 13.1 Å². The zero-order valence-corrected chi connectivity index (χ0v) is 14.5. The monoisotopic (exact) mass is 345 g/mol. The van der Waals surface area contributed by atoms with Crippen molar-refractivity contribution >= 4 is 17.8 Å². The number of imide groups is 1. The zero-order valence-electron chi connectivity index (χ0n) is 14.5. The maximum atomic E-state index is 12.3. The van der Waals surface area contributed by atoms with Crippen LogP contribution in [0.2, 0.25) is 0 Å². The molecule has 7 nitrogen and oxygen atoms in total. The van der Waals surface area contributed by atoms with Gasteiger partial charge in [0.05, 0.1) is 6.42 Å². The van der Waals surface area contributed by atoms with Gasteiger partial charge in [-0.05, 0) is 31.0 Å². The van der Waals surface area contributed by atoms with Gasteiger partial charge < -0.3 is 15.0 Å². The summed E-state index contributed by atoms with van der Waals surface area (Å²) in [7, 11) is 0. The highest BCUT2D eigenvalue weighted by atomic mass is 16.5. The summed E-state index contributed by atoms with van der Waals surface area (Å²) in [6.07, 6.45) is 1.59. The average Bonchev–Trinajstić information content (AvgIpc) is 2.89. The van der Waals surface area contributed by atoms with Gasteiger partial charge in [0.15, 0.2) is 0 Å². The van der Waals surface area contributed by atoms with Crippen LogP contribution in [0.4, 0.5) is 4.79 Å². The van der Waals surface area contributed by atoms with Crippen LogP contribution in [0.3, 0.4) is 0 Å². The number of carbonyl (C=O) groups excluding carboxylic acids is 3. The number of likely N-dealkylation sites (tertiary alicyclic amines) is 1. The Labute approximate surface area is 146 Å². The van der Waals surface area contributed by atoms with Gasteiger partial charge in [-0.15, -0.1) is 0 Å². The fourth-order valence-corrected chi connectivity index (χ4v) is 3.14. The number of piperidine rings is 1. The summed E-state index contributed by atoms with van der Waals surface area (Å²) in [5, 5.41) is 4.59. The number of urea groups is 1. The first-order valence-electron chi connectivity index (χ1n) is 8.55. The topological polar surface area (TPSA) is 87.7 Å². The van der Waals surface area contributed by atoms with Crippen LogP contribution in [0.15, 0.2) is 18.2 Å². The number of nitrogens with one attached hydrogen (secondary N) is 2. The molecule has 0 saturated carbocycles. The van der Waals surface area contributed by atoms with Gasteiger partial charge in [-0.25, -0.2) is 4.79 Å². The van der Waals surface area contributed by atoms with Gasteiger partial charge in [0.2, 0.25) is 5.91 Å². The molecule has 2 heterocycles. The lowest BCUT2D eigenvalue weighted by Crippen LogP contribution is -2.44. The van der Waals surface area contributed by atoms with Crippen molar-refractivity contribution in [1.29, 1.82) is 0 Å². The van der Waals surface area contributed by atoms with Crippen molar-refractivity contribution in [2.24, 2.45) is 0 Å². The summed E-state index contributed by atoms with van der Waals surface area (Å²) >= 11 is 0. The van der Waals surface area contributed by atoms with Crippen molar-refractivity contribution in [3.63, 3.8) is 0 Å². The van der Waals surface area contributed by atoms with E-state index in [2.05, 4.69) is 16.7 Å². The van der Waals surface area contributed by atoms with E-state index in [1.807, 2.05) is 26.0 Å². The van der Waals surface area contributed by atoms with Gasteiger partial charge in [0.25, 0.3) is 5.91 Å². The molecule has 4 amide bonds. The maximum absolute atomic E-state index is 12.3. The molecule has 0 aromatic heterocycles. The largest absolute Gasteiger partial charge is 0.490 e. The van der Waals surface area contributed by atoms with Crippen molar-refractivity contribution in [2.75, 3.05) is 13.1 Å². The van der Waals surface area contributed by atoms with Crippen molar-refractivity contribution in [1.82, 2.24) is 15.5 Å². The van der Waals surface area contributed by atoms with E-state index in [1.165, 1.54) is 0 Å². The smallest absolute Gasteiger partial charge is 0.322 e. The van der Waals surface area contributed by atoms with Crippen molar-refractivity contribution < 1.29 is 19.1 Å². The fraction of sp³-hybridized carbons (Fsp3) is 0.500. The molecule has 134 valence electrons. The minimum atomic E-state index is -0.760. The lowest BCUT2D eigenvalue weighted by Gasteiger charge is -2.33. The highest BCUT2D eigenvalue weighted by Crippen LogP contribution is 2.24. The number of rotatable bonds is 4. The Kier molecular flexibility index (Phi) is 4.92. The molecule has 2 saturated heterocycles. The number of nitrogens with zero attached hydrogens (tertiary/aromatic N) is 1. The second kappa shape index (κ2) is 7.13. The summed E-state index contributed by atoms with van der Waals surface area (Å²) in [4.78, 5) is 36.7. The van der Waals surface area contributed by atoms with Crippen LogP contribution in [-0.2, 0) is 9.59 Å². The van der Waals surface area contributed by atoms with Crippen molar-refractivity contribution in [2.45, 2.75) is 45.3 Å². The third kappa shape index (κ3) is 4.10. The molecule has 0 unspecified atom stereocenters. The van der Waals surface area contributed by atoms with E-state index in [0.717, 1.165) is 29.7 Å². The standard InChI is InChI=1S/C18H23N3O4/c1-11-3-4-12(2)15(9-11)25-13-5-7-21(8-6-13)16(22)10-14-17(23)20-18(24)19-14/h3-4,9,13-14H,5-8,10H2,1-2H3,(H2,19,20,23,24)/t14-/m1/s1. The van der Waals surface area contributed by atoms with Gasteiger partial charge in [-0.2, -0.15) is 0 Å². The first-order valence-corrected chi connectivity index (χ1v) is 8.55. The molecule has 1 atom stereocenters. The van der Waals surface area contributed by atoms with Gasteiger partial charge in [0.1, 0.15) is 17.9 Å². The lowest BCUT2D eigenvalue weighted by atomic mass is 10.1. The Bertz CT molecular complexity index is 696. The molecule has 1 aromatic rings. The molecule has 2 N–H and O–H groups in total. The highest BCUT2D eigenvalue weighted by molar-refractivity contribution is 6.05. The van der Waals surface area contributed by atoms with E-state index in [1.54, 1.807) is 4.90 Å². The van der Waals surface area contributed by atoms with Crippen molar-refractivity contribution in [3.05, 3.63) is 29.3 Å². The zero-order chi connectivity index (χ0) is 18.0. The molecule has 3 rings (SSSR count). The van der Waals surface area contributed by atoms with E-state index < -0.39 is 18.0 Å². The predicted molar refractivity (Wildman–Crippen MR) is 91.2 cm³/mol. The minimum absolute atomic E-state index is 0.0000846. The fourth-order valence-electron chi connectivity index (χ4n) is 3.14. The second-order valence-corrected chi connectivity index (χ2v) is 6.69. The van der Waals surface area contributed by atoms with Crippen molar-refractivity contribution in [3.8, 4) is 5.75 Å². The Hall–Kier alpha value is -2.57. The SMILES string of the molecule is Cc1ccc(C)c(OC2CCN(C(=O)C[C@H]3NC(=O)NC3=O)CC2)c1. The number of ether oxygens (including phenoxy) is 1. The van der Waals surface area contributed by atoms with Crippen LogP contribution in [0, 0.1) is 13.8 Å². The van der Waals surface area contributed by atoms with Gasteiger partial charge >= 0.3 is 6.03 Å². The van der Waals surface area contributed by atoms with Crippen LogP contribution in [0.5, 0.6) is 5.75 Å². The molecule has 0 spiro atoms. The van der Waals surface area contributed by atoms with Crippen LogP contribution in [0.25, 0.3) is 0 Å². The quantitative estimate of drug-likeness (QED) is 0.805. The first-order chi connectivity index (χ1) is 11.9.